The second-order valence-electron chi connectivity index (χ2n) is 4.50. The number of fused-ring (bicyclic) bond motifs is 1. The second-order valence-corrected chi connectivity index (χ2v) is 4.50. The van der Waals surface area contributed by atoms with Gasteiger partial charge < -0.3 is 10.2 Å². The van der Waals surface area contributed by atoms with Crippen LogP contribution in [0.15, 0.2) is 30.5 Å². The van der Waals surface area contributed by atoms with E-state index in [1.54, 1.807) is 18.3 Å². The van der Waals surface area contributed by atoms with E-state index in [0.717, 1.165) is 37.4 Å². The van der Waals surface area contributed by atoms with Crippen molar-refractivity contribution in [2.75, 3.05) is 31.1 Å². The van der Waals surface area contributed by atoms with E-state index >= 15 is 0 Å². The van der Waals surface area contributed by atoms with Crippen molar-refractivity contribution in [2.24, 2.45) is 0 Å². The minimum atomic E-state index is -0.343. The molecule has 2 heterocycles. The Labute approximate surface area is 110 Å². The van der Waals surface area contributed by atoms with Crippen LogP contribution in [0.2, 0.25) is 0 Å². The summed E-state index contributed by atoms with van der Waals surface area (Å²) >= 11 is 0. The molecule has 98 valence electrons. The number of nitro groups is 1. The zero-order valence-electron chi connectivity index (χ0n) is 10.4. The van der Waals surface area contributed by atoms with Gasteiger partial charge in [0.2, 0.25) is 0 Å². The lowest BCUT2D eigenvalue weighted by Crippen LogP contribution is -2.43. The van der Waals surface area contributed by atoms with Crippen molar-refractivity contribution >= 4 is 22.3 Å². The van der Waals surface area contributed by atoms with Crippen LogP contribution < -0.4 is 10.2 Å². The van der Waals surface area contributed by atoms with Gasteiger partial charge in [0.25, 0.3) is 5.69 Å². The molecule has 3 rings (SSSR count). The highest BCUT2D eigenvalue weighted by atomic mass is 16.6. The molecule has 6 heteroatoms. The topological polar surface area (TPSA) is 71.3 Å². The molecule has 0 radical (unpaired) electrons. The van der Waals surface area contributed by atoms with E-state index in [1.165, 1.54) is 6.07 Å². The molecule has 0 saturated carbocycles. The molecule has 0 spiro atoms. The van der Waals surface area contributed by atoms with Gasteiger partial charge in [-0.15, -0.1) is 0 Å². The third kappa shape index (κ3) is 2.10. The van der Waals surface area contributed by atoms with Crippen LogP contribution in [0, 0.1) is 10.1 Å². The number of hydrogen-bond donors (Lipinski definition) is 1. The molecule has 1 N–H and O–H groups in total. The number of pyridine rings is 1. The van der Waals surface area contributed by atoms with Crippen molar-refractivity contribution in [1.82, 2.24) is 10.3 Å². The van der Waals surface area contributed by atoms with Crippen LogP contribution >= 0.6 is 0 Å². The van der Waals surface area contributed by atoms with Crippen LogP contribution in [0.1, 0.15) is 0 Å². The molecule has 1 saturated heterocycles. The van der Waals surface area contributed by atoms with Gasteiger partial charge in [-0.1, -0.05) is 12.1 Å². The van der Waals surface area contributed by atoms with E-state index in [-0.39, 0.29) is 10.6 Å². The van der Waals surface area contributed by atoms with Crippen molar-refractivity contribution in [2.45, 2.75) is 0 Å². The zero-order valence-corrected chi connectivity index (χ0v) is 10.4. The van der Waals surface area contributed by atoms with E-state index in [4.69, 9.17) is 0 Å². The van der Waals surface area contributed by atoms with E-state index in [9.17, 15) is 10.1 Å². The van der Waals surface area contributed by atoms with Crippen molar-refractivity contribution in [3.05, 3.63) is 40.6 Å². The number of nitro benzene ring substituents is 1. The Morgan fingerprint density at radius 2 is 2.00 bits per heavy atom. The molecule has 1 aromatic heterocycles. The van der Waals surface area contributed by atoms with Crippen LogP contribution in [0.4, 0.5) is 11.5 Å². The van der Waals surface area contributed by atoms with E-state index in [0.29, 0.717) is 5.39 Å². The molecule has 1 aromatic carbocycles. The smallest absolute Gasteiger partial charge is 0.277 e. The number of non-ortho nitro benzene ring substituents is 1. The fourth-order valence-corrected chi connectivity index (χ4v) is 2.46. The van der Waals surface area contributed by atoms with Gasteiger partial charge in [-0.25, -0.2) is 4.98 Å². The Morgan fingerprint density at radius 1 is 1.21 bits per heavy atom. The maximum Gasteiger partial charge on any atom is 0.277 e. The number of nitrogens with zero attached hydrogens (tertiary/aromatic N) is 3. The molecule has 6 nitrogen and oxygen atoms in total. The number of piperazine rings is 1. The Hall–Kier alpha value is -2.21. The van der Waals surface area contributed by atoms with Crippen LogP contribution in [0.3, 0.4) is 0 Å². The summed E-state index contributed by atoms with van der Waals surface area (Å²) in [5.74, 6) is 0.836. The zero-order chi connectivity index (χ0) is 13.2. The summed E-state index contributed by atoms with van der Waals surface area (Å²) < 4.78 is 0. The first kappa shape index (κ1) is 11.9. The standard InChI is InChI=1S/C13H14N4O2/c18-17(19)12-3-1-2-11-10(12)4-5-15-13(11)16-8-6-14-7-9-16/h1-5,14H,6-9H2. The van der Waals surface area contributed by atoms with Crippen molar-refractivity contribution < 1.29 is 4.92 Å². The lowest BCUT2D eigenvalue weighted by Gasteiger charge is -2.29. The Balaban J connectivity index is 2.15. The first-order chi connectivity index (χ1) is 9.27. The number of anilines is 1. The van der Waals surface area contributed by atoms with Gasteiger partial charge >= 0.3 is 0 Å². The van der Waals surface area contributed by atoms with Gasteiger partial charge in [0.05, 0.1) is 10.3 Å². The van der Waals surface area contributed by atoms with E-state index in [1.807, 2.05) is 6.07 Å². The summed E-state index contributed by atoms with van der Waals surface area (Å²) in [6.45, 7) is 3.56. The molecule has 0 amide bonds. The Bertz CT molecular complexity index is 623. The third-order valence-corrected chi connectivity index (χ3v) is 3.38. The molecule has 0 aliphatic carbocycles. The molecule has 2 aromatic rings. The first-order valence-corrected chi connectivity index (χ1v) is 6.25. The Kier molecular flexibility index (Phi) is 3.00. The second kappa shape index (κ2) is 4.81. The quantitative estimate of drug-likeness (QED) is 0.653. The maximum atomic E-state index is 11.1. The third-order valence-electron chi connectivity index (χ3n) is 3.38. The SMILES string of the molecule is O=[N+]([O-])c1cccc2c(N3CCNCC3)nccc12. The van der Waals surface area contributed by atoms with Gasteiger partial charge in [0.1, 0.15) is 5.82 Å². The summed E-state index contributed by atoms with van der Waals surface area (Å²) in [6.07, 6.45) is 1.65. The van der Waals surface area contributed by atoms with Crippen molar-refractivity contribution in [3.8, 4) is 0 Å². The van der Waals surface area contributed by atoms with E-state index in [2.05, 4.69) is 15.2 Å². The first-order valence-electron chi connectivity index (χ1n) is 6.25. The van der Waals surface area contributed by atoms with Gasteiger partial charge in [-0.2, -0.15) is 0 Å². The summed E-state index contributed by atoms with van der Waals surface area (Å²) in [4.78, 5) is 17.3. The molecule has 1 fully saturated rings. The molecular weight excluding hydrogens is 244 g/mol. The number of hydrogen-bond acceptors (Lipinski definition) is 5. The molecule has 0 bridgehead atoms. The summed E-state index contributed by atoms with van der Waals surface area (Å²) in [6, 6.07) is 6.85. The molecular formula is C13H14N4O2. The fraction of sp³-hybridized carbons (Fsp3) is 0.308. The average Bonchev–Trinajstić information content (AvgIpc) is 2.46. The average molecular weight is 258 g/mol. The predicted octanol–water partition coefficient (Wildman–Crippen LogP) is 1.55. The largest absolute Gasteiger partial charge is 0.354 e. The van der Waals surface area contributed by atoms with Crippen molar-refractivity contribution in [3.63, 3.8) is 0 Å². The normalized spacial score (nSPS) is 15.7. The molecule has 19 heavy (non-hydrogen) atoms. The van der Waals surface area contributed by atoms with Gasteiger partial charge in [-0.05, 0) is 6.07 Å². The minimum absolute atomic E-state index is 0.135. The van der Waals surface area contributed by atoms with Crippen LogP contribution in [0.25, 0.3) is 10.8 Å². The van der Waals surface area contributed by atoms with Gasteiger partial charge in [0.15, 0.2) is 0 Å². The number of aromatic nitrogens is 1. The fourth-order valence-electron chi connectivity index (χ4n) is 2.46. The maximum absolute atomic E-state index is 11.1. The number of benzene rings is 1. The summed E-state index contributed by atoms with van der Waals surface area (Å²) in [7, 11) is 0. The Morgan fingerprint density at radius 3 is 2.74 bits per heavy atom. The lowest BCUT2D eigenvalue weighted by atomic mass is 10.1. The van der Waals surface area contributed by atoms with E-state index < -0.39 is 0 Å². The predicted molar refractivity (Wildman–Crippen MR) is 73.5 cm³/mol. The summed E-state index contributed by atoms with van der Waals surface area (Å²) in [5, 5.41) is 15.8. The van der Waals surface area contributed by atoms with Crippen LogP contribution in [-0.2, 0) is 0 Å². The lowest BCUT2D eigenvalue weighted by molar-refractivity contribution is -0.383. The molecule has 0 atom stereocenters. The van der Waals surface area contributed by atoms with Crippen LogP contribution in [0.5, 0.6) is 0 Å². The molecule has 0 unspecified atom stereocenters. The molecule has 1 aliphatic rings. The highest BCUT2D eigenvalue weighted by Crippen LogP contribution is 2.30. The monoisotopic (exact) mass is 258 g/mol. The molecule has 1 aliphatic heterocycles. The number of rotatable bonds is 2. The minimum Gasteiger partial charge on any atom is -0.354 e. The van der Waals surface area contributed by atoms with Gasteiger partial charge in [-0.3, -0.25) is 10.1 Å². The highest BCUT2D eigenvalue weighted by Gasteiger charge is 2.18. The van der Waals surface area contributed by atoms with Crippen LogP contribution in [-0.4, -0.2) is 36.1 Å². The summed E-state index contributed by atoms with van der Waals surface area (Å²) in [5.41, 5.74) is 0.135. The van der Waals surface area contributed by atoms with Crippen molar-refractivity contribution in [1.29, 1.82) is 0 Å². The van der Waals surface area contributed by atoms with Gasteiger partial charge in [0, 0.05) is 43.8 Å². The highest BCUT2D eigenvalue weighted by molar-refractivity contribution is 5.97. The number of nitrogens with one attached hydrogen (secondary N) is 1.